The molecule has 0 spiro atoms. The van der Waals surface area contributed by atoms with Gasteiger partial charge in [0.2, 0.25) is 0 Å². The van der Waals surface area contributed by atoms with Crippen LogP contribution in [0.2, 0.25) is 0 Å². The van der Waals surface area contributed by atoms with E-state index in [4.69, 9.17) is 14.8 Å². The summed E-state index contributed by atoms with van der Waals surface area (Å²) in [6.07, 6.45) is 0.432. The molecule has 0 saturated carbocycles. The molecule has 0 aromatic rings. The average Bonchev–Trinajstić information content (AvgIpc) is 1.87. The van der Waals surface area contributed by atoms with Crippen molar-refractivity contribution in [2.45, 2.75) is 25.9 Å². The first-order valence-electron chi connectivity index (χ1n) is 2.81. The van der Waals surface area contributed by atoms with Gasteiger partial charge < -0.3 is 10.2 Å². The molecule has 54 valence electrons. The molecule has 0 aromatic heterocycles. The maximum Gasteiger partial charge on any atom is 0.145 e. The highest BCUT2D eigenvalue weighted by atomic mass is 32.1. The Kier molecular flexibility index (Phi) is 4.44. The molecule has 0 aliphatic carbocycles. The van der Waals surface area contributed by atoms with Crippen molar-refractivity contribution in [2.75, 3.05) is 0 Å². The second-order valence-corrected chi connectivity index (χ2v) is 2.42. The Morgan fingerprint density at radius 2 is 2.33 bits per heavy atom. The second-order valence-electron chi connectivity index (χ2n) is 1.76. The Morgan fingerprint density at radius 3 is 2.67 bits per heavy atom. The predicted octanol–water partition coefficient (Wildman–Crippen LogP) is 0.780. The van der Waals surface area contributed by atoms with Gasteiger partial charge in [0.1, 0.15) is 11.2 Å². The van der Waals surface area contributed by atoms with Crippen LogP contribution >= 0.6 is 11.0 Å². The number of aliphatic hydroxyl groups excluding tert-OH is 2. The van der Waals surface area contributed by atoms with Gasteiger partial charge in [-0.15, -0.1) is 0 Å². The molecule has 1 unspecified atom stereocenters. The Morgan fingerprint density at radius 1 is 1.78 bits per heavy atom. The van der Waals surface area contributed by atoms with Crippen LogP contribution in [0.4, 0.5) is 0 Å². The first-order chi connectivity index (χ1) is 4.22. The molecule has 0 aliphatic rings. The summed E-state index contributed by atoms with van der Waals surface area (Å²) in [5, 5.41) is 17.3. The van der Waals surface area contributed by atoms with E-state index in [1.165, 1.54) is 0 Å². The Labute approximate surface area is 57.5 Å². The molecule has 0 heterocycles. The number of aliphatic hydroxyl groups is 2. The fourth-order valence-corrected chi connectivity index (χ4v) is 0.732. The number of hydrogen-bond donors (Lipinski definition) is 3. The van der Waals surface area contributed by atoms with E-state index >= 15 is 0 Å². The summed E-state index contributed by atoms with van der Waals surface area (Å²) in [6, 6.07) is 0. The minimum absolute atomic E-state index is 0.231. The quantitative estimate of drug-likeness (QED) is 0.410. The van der Waals surface area contributed by atoms with E-state index in [1.54, 1.807) is 0 Å². The van der Waals surface area contributed by atoms with Crippen LogP contribution in [0.15, 0.2) is 0 Å². The van der Waals surface area contributed by atoms with Gasteiger partial charge >= 0.3 is 0 Å². The summed E-state index contributed by atoms with van der Waals surface area (Å²) in [7, 11) is -0.231. The van der Waals surface area contributed by atoms with Gasteiger partial charge in [0, 0.05) is 0 Å². The molecule has 4 heteroatoms. The van der Waals surface area contributed by atoms with Gasteiger partial charge in [0.25, 0.3) is 0 Å². The van der Waals surface area contributed by atoms with Crippen molar-refractivity contribution < 1.29 is 10.2 Å². The Bertz CT molecular complexity index is 164. The van der Waals surface area contributed by atoms with Crippen molar-refractivity contribution in [3.05, 3.63) is 0 Å². The van der Waals surface area contributed by atoms with E-state index in [0.717, 1.165) is 6.42 Å². The standard InChI is InChI=1S/C5H11NO2S/c1-2-3-4(7)5(8)9-6/h4,7-9H,2-3H2,1H3. The van der Waals surface area contributed by atoms with Gasteiger partial charge in [-0.25, -0.2) is 0 Å². The Balaban J connectivity index is 3.78. The number of hydrogen-bond acceptors (Lipinski definition) is 2. The summed E-state index contributed by atoms with van der Waals surface area (Å²) in [5.41, 5.74) is 0. The lowest BCUT2D eigenvalue weighted by Crippen LogP contribution is -2.16. The summed E-state index contributed by atoms with van der Waals surface area (Å²) in [6.45, 7) is 1.89. The van der Waals surface area contributed by atoms with Crippen LogP contribution in [-0.2, 0) is 0 Å². The lowest BCUT2D eigenvalue weighted by Gasteiger charge is -2.02. The van der Waals surface area contributed by atoms with Crippen LogP contribution in [0.3, 0.4) is 0 Å². The van der Waals surface area contributed by atoms with Crippen LogP contribution < -0.4 is 0 Å². The van der Waals surface area contributed by atoms with Gasteiger partial charge in [-0.05, 0) is 17.4 Å². The molecule has 0 rings (SSSR count). The molecular formula is C5H11NO2S. The number of rotatable bonds is 3. The smallest absolute Gasteiger partial charge is 0.145 e. The third kappa shape index (κ3) is 3.32. The largest absolute Gasteiger partial charge is 0.385 e. The minimum Gasteiger partial charge on any atom is -0.385 e. The molecule has 0 radical (unpaired) electrons. The predicted molar refractivity (Wildman–Crippen MR) is 39.3 cm³/mol. The van der Waals surface area contributed by atoms with E-state index in [1.807, 2.05) is 6.92 Å². The summed E-state index contributed by atoms with van der Waals surface area (Å²) in [5.74, 6) is 0. The molecule has 0 saturated heterocycles. The molecule has 1 atom stereocenters. The molecule has 0 fully saturated rings. The molecule has 0 amide bonds. The molecule has 2 N–H and O–H groups in total. The molecule has 0 aromatic carbocycles. The first kappa shape index (κ1) is 8.72. The minimum atomic E-state index is -0.860. The van der Waals surface area contributed by atoms with Crippen LogP contribution in [0.5, 0.6) is 0 Å². The summed E-state index contributed by atoms with van der Waals surface area (Å²) in [4.78, 5) is 0. The first-order valence-corrected chi connectivity index (χ1v) is 3.66. The zero-order valence-corrected chi connectivity index (χ0v) is 6.17. The van der Waals surface area contributed by atoms with E-state index in [0.29, 0.717) is 6.42 Å². The van der Waals surface area contributed by atoms with Crippen molar-refractivity contribution in [2.24, 2.45) is 0 Å². The fraction of sp³-hybridized carbons (Fsp3) is 0.800. The Hall–Kier alpha value is -0.280. The second kappa shape index (κ2) is 4.58. The third-order valence-corrected chi connectivity index (χ3v) is 1.47. The van der Waals surface area contributed by atoms with Crippen molar-refractivity contribution in [3.8, 4) is 0 Å². The fourth-order valence-electron chi connectivity index (χ4n) is 0.469. The van der Waals surface area contributed by atoms with E-state index in [2.05, 4.69) is 0 Å². The van der Waals surface area contributed by atoms with Crippen LogP contribution in [0.25, 0.3) is 0 Å². The highest BCUT2D eigenvalue weighted by Crippen LogP contribution is 1.96. The van der Waals surface area contributed by atoms with Gasteiger partial charge in [-0.3, -0.25) is 0 Å². The van der Waals surface area contributed by atoms with E-state index in [-0.39, 0.29) is 16.0 Å². The SMILES string of the molecule is CCCC(O)C(O)=[SH]#N. The van der Waals surface area contributed by atoms with Crippen molar-refractivity contribution in [1.29, 1.82) is 4.61 Å². The van der Waals surface area contributed by atoms with E-state index in [9.17, 15) is 0 Å². The molecule has 9 heavy (non-hydrogen) atoms. The van der Waals surface area contributed by atoms with Gasteiger partial charge in [-0.1, -0.05) is 13.3 Å². The lowest BCUT2D eigenvalue weighted by atomic mass is 10.2. The zero-order chi connectivity index (χ0) is 7.28. The summed E-state index contributed by atoms with van der Waals surface area (Å²) >= 11 is 0. The van der Waals surface area contributed by atoms with Crippen LogP contribution in [0, 0.1) is 4.61 Å². The van der Waals surface area contributed by atoms with Gasteiger partial charge in [0.15, 0.2) is 0 Å². The average molecular weight is 149 g/mol. The van der Waals surface area contributed by atoms with Crippen LogP contribution in [0.1, 0.15) is 19.8 Å². The number of thiol groups is 1. The van der Waals surface area contributed by atoms with Crippen molar-refractivity contribution >= 4 is 16.0 Å². The van der Waals surface area contributed by atoms with Crippen molar-refractivity contribution in [1.82, 2.24) is 0 Å². The molecule has 0 aliphatic heterocycles. The molecule has 3 nitrogen and oxygen atoms in total. The van der Waals surface area contributed by atoms with Gasteiger partial charge in [-0.2, -0.15) is 4.61 Å². The maximum absolute atomic E-state index is 8.86. The lowest BCUT2D eigenvalue weighted by molar-refractivity contribution is 0.210. The van der Waals surface area contributed by atoms with Gasteiger partial charge in [0.05, 0.1) is 0 Å². The normalized spacial score (nSPS) is 12.7. The number of nitrogens with zero attached hydrogens (tertiary/aromatic N) is 1. The summed E-state index contributed by atoms with van der Waals surface area (Å²) < 4.78 is 8.26. The molecule has 0 bridgehead atoms. The van der Waals surface area contributed by atoms with Crippen LogP contribution in [-0.4, -0.2) is 21.4 Å². The van der Waals surface area contributed by atoms with Crippen molar-refractivity contribution in [3.63, 3.8) is 0 Å². The topological polar surface area (TPSA) is 64.2 Å². The zero-order valence-electron chi connectivity index (χ0n) is 5.28. The highest BCUT2D eigenvalue weighted by molar-refractivity contribution is 7.85. The monoisotopic (exact) mass is 149 g/mol. The molecular weight excluding hydrogens is 138 g/mol. The maximum atomic E-state index is 8.86. The third-order valence-electron chi connectivity index (χ3n) is 0.963. The highest BCUT2D eigenvalue weighted by Gasteiger charge is 2.04. The van der Waals surface area contributed by atoms with E-state index < -0.39 is 6.10 Å².